The number of esters is 1. The van der Waals surface area contributed by atoms with Crippen LogP contribution in [0, 0.1) is 18.2 Å². The maximum Gasteiger partial charge on any atom is 0.314 e. The van der Waals surface area contributed by atoms with Gasteiger partial charge in [-0.3, -0.25) is 19.2 Å². The summed E-state index contributed by atoms with van der Waals surface area (Å²) in [6.45, 7) is 7.16. The number of H-pyrrole nitrogens is 1. The van der Waals surface area contributed by atoms with E-state index >= 15 is 0 Å². The van der Waals surface area contributed by atoms with Gasteiger partial charge in [0.25, 0.3) is 5.91 Å². The molecular weight excluding hydrogens is 663 g/mol. The number of amides is 2. The molecule has 0 bridgehead atoms. The average molecular weight is 703 g/mol. The van der Waals surface area contributed by atoms with Crippen LogP contribution in [-0.4, -0.2) is 45.0 Å². The number of likely N-dealkylation sites (tertiary alicyclic amines) is 1. The molecule has 1 aliphatic heterocycles. The Balaban J connectivity index is 1.39. The van der Waals surface area contributed by atoms with E-state index in [0.29, 0.717) is 42.7 Å². The number of ether oxygens (including phenoxy) is 2. The van der Waals surface area contributed by atoms with Crippen molar-refractivity contribution in [3.05, 3.63) is 122 Å². The highest BCUT2D eigenvalue weighted by molar-refractivity contribution is 6.30. The summed E-state index contributed by atoms with van der Waals surface area (Å²) >= 11 is 6.25. The molecule has 1 fully saturated rings. The predicted octanol–water partition coefficient (Wildman–Crippen LogP) is 7.06. The molecule has 1 aromatic heterocycles. The minimum Gasteiger partial charge on any atom is -0.460 e. The van der Waals surface area contributed by atoms with Gasteiger partial charge in [0.05, 0.1) is 17.2 Å². The van der Waals surface area contributed by atoms with Crippen LogP contribution in [0.15, 0.2) is 83.7 Å². The molecular formula is C38H40ClFN4O6. The fraction of sp³-hybridized carbons (Fsp3) is 0.342. The van der Waals surface area contributed by atoms with Crippen molar-refractivity contribution in [3.8, 4) is 11.5 Å². The number of aromatic nitrogens is 2. The number of aryl methyl sites for hydroxylation is 1. The van der Waals surface area contributed by atoms with Crippen LogP contribution in [0.2, 0.25) is 5.02 Å². The maximum absolute atomic E-state index is 14.6. The van der Waals surface area contributed by atoms with Crippen LogP contribution in [0.4, 0.5) is 4.39 Å². The first kappa shape index (κ1) is 36.3. The highest BCUT2D eigenvalue weighted by Gasteiger charge is 2.53. The molecule has 2 N–H and O–H groups in total. The highest BCUT2D eigenvalue weighted by Crippen LogP contribution is 2.48. The number of carbonyl (C=O) groups excluding carboxylic acids is 3. The van der Waals surface area contributed by atoms with Gasteiger partial charge in [0.1, 0.15) is 24.2 Å². The lowest BCUT2D eigenvalue weighted by Gasteiger charge is -2.43. The molecule has 50 heavy (non-hydrogen) atoms. The Morgan fingerprint density at radius 1 is 1.04 bits per heavy atom. The molecule has 1 saturated heterocycles. The Morgan fingerprint density at radius 2 is 1.74 bits per heavy atom. The van der Waals surface area contributed by atoms with Crippen LogP contribution in [0.1, 0.15) is 79.7 Å². The first-order valence-corrected chi connectivity index (χ1v) is 17.0. The first-order chi connectivity index (χ1) is 23.9. The lowest BCUT2D eigenvalue weighted by atomic mass is 9.74. The number of nitrogens with one attached hydrogen (secondary N) is 2. The molecule has 262 valence electrons. The zero-order chi connectivity index (χ0) is 36.0. The van der Waals surface area contributed by atoms with Crippen LogP contribution in [0.25, 0.3) is 0 Å². The molecule has 0 saturated carbocycles. The van der Waals surface area contributed by atoms with E-state index in [0.717, 1.165) is 5.56 Å². The molecule has 0 spiro atoms. The summed E-state index contributed by atoms with van der Waals surface area (Å²) in [7, 11) is 0. The Labute approximate surface area is 294 Å². The normalized spacial score (nSPS) is 16.5. The third kappa shape index (κ3) is 7.89. The van der Waals surface area contributed by atoms with Crippen LogP contribution in [0.5, 0.6) is 11.5 Å². The molecule has 2 amide bonds. The molecule has 1 aliphatic rings. The first-order valence-electron chi connectivity index (χ1n) is 16.6. The predicted molar refractivity (Wildman–Crippen MR) is 186 cm³/mol. The number of hydrogen-bond acceptors (Lipinski definition) is 7. The van der Waals surface area contributed by atoms with E-state index in [1.165, 1.54) is 42.5 Å². The van der Waals surface area contributed by atoms with E-state index in [2.05, 4.69) is 15.5 Å². The van der Waals surface area contributed by atoms with Crippen molar-refractivity contribution in [3.63, 3.8) is 0 Å². The van der Waals surface area contributed by atoms with Crippen molar-refractivity contribution in [2.45, 2.75) is 78.1 Å². The van der Waals surface area contributed by atoms with Gasteiger partial charge in [-0.05, 0) is 93.1 Å². The van der Waals surface area contributed by atoms with E-state index in [-0.39, 0.29) is 22.9 Å². The molecule has 2 heterocycles. The Morgan fingerprint density at radius 3 is 2.40 bits per heavy atom. The quantitative estimate of drug-likeness (QED) is 0.151. The zero-order valence-electron chi connectivity index (χ0n) is 28.4. The molecule has 3 atom stereocenters. The number of rotatable bonds is 12. The van der Waals surface area contributed by atoms with Gasteiger partial charge in [-0.2, -0.15) is 5.10 Å². The third-order valence-corrected chi connectivity index (χ3v) is 9.61. The average Bonchev–Trinajstić information content (AvgIpc) is 3.55. The van der Waals surface area contributed by atoms with Crippen molar-refractivity contribution in [1.29, 1.82) is 0 Å². The van der Waals surface area contributed by atoms with E-state index < -0.39 is 52.7 Å². The molecule has 0 unspecified atom stereocenters. The van der Waals surface area contributed by atoms with Crippen LogP contribution in [-0.2, 0) is 20.9 Å². The summed E-state index contributed by atoms with van der Waals surface area (Å²) in [5, 5.41) is 9.15. The molecule has 10 nitrogen and oxygen atoms in total. The van der Waals surface area contributed by atoms with Gasteiger partial charge in [0.2, 0.25) is 5.91 Å². The molecule has 5 rings (SSSR count). The molecule has 3 aromatic carbocycles. The third-order valence-electron chi connectivity index (χ3n) is 9.39. The standard InChI is InChI=1S/C38H40ClFN4O6/c1-5-38(6-2,37(48)49-22-25-10-8-7-9-11-25)33-17-16-31(27-19-28(39)21-29(40)20-27)44(33)36(47)24(4)41-34(45)26-12-14-30(15-13-26)50-32-18-23(3)42-43-35(32)46/h7-15,18-21,24,31,33H,5-6,16-17,22H2,1-4H3,(H,41,45)(H,43,46)/t24-,31+,33-/m1/s1. The van der Waals surface area contributed by atoms with Gasteiger partial charge in [0, 0.05) is 22.7 Å². The van der Waals surface area contributed by atoms with E-state index in [1.54, 1.807) is 24.8 Å². The summed E-state index contributed by atoms with van der Waals surface area (Å²) in [5.74, 6) is -1.53. The Hall–Kier alpha value is -5.03. The van der Waals surface area contributed by atoms with Crippen molar-refractivity contribution in [2.24, 2.45) is 5.41 Å². The monoisotopic (exact) mass is 702 g/mol. The molecule has 4 aromatic rings. The van der Waals surface area contributed by atoms with Crippen molar-refractivity contribution in [2.75, 3.05) is 0 Å². The minimum atomic E-state index is -1.06. The number of carbonyl (C=O) groups is 3. The Bertz CT molecular complexity index is 1880. The van der Waals surface area contributed by atoms with Gasteiger partial charge in [-0.25, -0.2) is 9.49 Å². The largest absolute Gasteiger partial charge is 0.460 e. The number of aromatic amines is 1. The van der Waals surface area contributed by atoms with Crippen molar-refractivity contribution >= 4 is 29.4 Å². The fourth-order valence-corrected chi connectivity index (χ4v) is 6.92. The van der Waals surface area contributed by atoms with Gasteiger partial charge >= 0.3 is 11.5 Å². The summed E-state index contributed by atoms with van der Waals surface area (Å²) in [5.41, 5.74) is 0.599. The number of hydrogen-bond donors (Lipinski definition) is 2. The maximum atomic E-state index is 14.6. The second-order valence-electron chi connectivity index (χ2n) is 12.5. The minimum absolute atomic E-state index is 0.0578. The van der Waals surface area contributed by atoms with Crippen molar-refractivity contribution in [1.82, 2.24) is 20.4 Å². The molecule has 0 aliphatic carbocycles. The van der Waals surface area contributed by atoms with E-state index in [9.17, 15) is 23.6 Å². The number of halogens is 2. The van der Waals surface area contributed by atoms with Crippen LogP contribution in [0.3, 0.4) is 0 Å². The highest BCUT2D eigenvalue weighted by atomic mass is 35.5. The molecule has 0 radical (unpaired) electrons. The molecule has 12 heteroatoms. The van der Waals surface area contributed by atoms with Gasteiger partial charge in [-0.1, -0.05) is 55.8 Å². The fourth-order valence-electron chi connectivity index (χ4n) is 6.69. The lowest BCUT2D eigenvalue weighted by Crippen LogP contribution is -2.56. The Kier molecular flexibility index (Phi) is 11.4. The van der Waals surface area contributed by atoms with E-state index in [1.807, 2.05) is 44.2 Å². The van der Waals surface area contributed by atoms with Gasteiger partial charge < -0.3 is 19.7 Å². The summed E-state index contributed by atoms with van der Waals surface area (Å²) in [6.07, 6.45) is 1.69. The summed E-state index contributed by atoms with van der Waals surface area (Å²) in [6, 6.07) is 18.9. The lowest BCUT2D eigenvalue weighted by molar-refractivity contribution is -0.164. The zero-order valence-corrected chi connectivity index (χ0v) is 29.1. The second-order valence-corrected chi connectivity index (χ2v) is 12.9. The summed E-state index contributed by atoms with van der Waals surface area (Å²) < 4.78 is 26.2. The number of nitrogens with zero attached hydrogens (tertiary/aromatic N) is 2. The topological polar surface area (TPSA) is 131 Å². The number of benzene rings is 3. The van der Waals surface area contributed by atoms with Crippen LogP contribution < -0.4 is 15.6 Å². The van der Waals surface area contributed by atoms with Crippen LogP contribution >= 0.6 is 11.6 Å². The SMILES string of the molecule is CCC(CC)(C(=O)OCc1ccccc1)[C@H]1CC[C@@H](c2cc(F)cc(Cl)c2)N1C(=O)[C@@H](C)NC(=O)c1ccc(Oc2cc(C)n[nH]c2=O)cc1. The summed E-state index contributed by atoms with van der Waals surface area (Å²) in [4.78, 5) is 55.5. The van der Waals surface area contributed by atoms with E-state index in [4.69, 9.17) is 21.1 Å². The second kappa shape index (κ2) is 15.7. The smallest absolute Gasteiger partial charge is 0.314 e. The van der Waals surface area contributed by atoms with Gasteiger partial charge in [-0.15, -0.1) is 0 Å². The van der Waals surface area contributed by atoms with Gasteiger partial charge in [0.15, 0.2) is 5.75 Å². The van der Waals surface area contributed by atoms with Crippen molar-refractivity contribution < 1.29 is 28.2 Å².